The number of hydrogen-bond donors (Lipinski definition) is 1. The van der Waals surface area contributed by atoms with Gasteiger partial charge in [0.25, 0.3) is 0 Å². The number of aliphatic imine (C=N–C) groups is 1. The molecule has 1 saturated heterocycles. The van der Waals surface area contributed by atoms with Crippen LogP contribution in [0.4, 0.5) is 0 Å². The van der Waals surface area contributed by atoms with E-state index in [2.05, 4.69) is 58.8 Å². The Morgan fingerprint density at radius 3 is 2.96 bits per heavy atom. The smallest absolute Gasteiger partial charge is 0.194 e. The van der Waals surface area contributed by atoms with Gasteiger partial charge in [-0.1, -0.05) is 13.8 Å². The molecule has 148 valence electrons. The third-order valence-corrected chi connectivity index (χ3v) is 6.00. The second-order valence-electron chi connectivity index (χ2n) is 6.76. The van der Waals surface area contributed by atoms with Crippen LogP contribution in [0.1, 0.15) is 26.3 Å². The van der Waals surface area contributed by atoms with Gasteiger partial charge in [-0.3, -0.25) is 4.57 Å². The van der Waals surface area contributed by atoms with Gasteiger partial charge < -0.3 is 10.2 Å². The van der Waals surface area contributed by atoms with Crippen molar-refractivity contribution in [3.8, 4) is 5.82 Å². The van der Waals surface area contributed by atoms with Crippen LogP contribution < -0.4 is 5.32 Å². The first kappa shape index (κ1) is 22.0. The lowest BCUT2D eigenvalue weighted by Gasteiger charge is -2.36. The SMILES string of the molecule is CCNC(=NCc1ccnc(-n2ccnc2)c1)N1CCSC(C(C)C)C1.I. The maximum Gasteiger partial charge on any atom is 0.194 e. The molecule has 3 rings (SSSR count). The maximum atomic E-state index is 4.89. The van der Waals surface area contributed by atoms with E-state index >= 15 is 0 Å². The number of thioether (sulfide) groups is 1. The molecule has 1 aliphatic heterocycles. The molecule has 0 radical (unpaired) electrons. The molecule has 1 aliphatic rings. The monoisotopic (exact) mass is 500 g/mol. The standard InChI is InChI=1S/C19H28N6S.HI/c1-4-21-19(24-9-10-26-17(13-24)15(2)3)23-12-16-5-6-22-18(11-16)25-8-7-20-14-25;/h5-8,11,14-15,17H,4,9-10,12-13H2,1-3H3,(H,21,23);1H. The quantitative estimate of drug-likeness (QED) is 0.388. The van der Waals surface area contributed by atoms with Gasteiger partial charge in [-0.15, -0.1) is 24.0 Å². The molecule has 2 aromatic rings. The topological polar surface area (TPSA) is 58.3 Å². The van der Waals surface area contributed by atoms with Crippen LogP contribution in [0.3, 0.4) is 0 Å². The Morgan fingerprint density at radius 2 is 2.26 bits per heavy atom. The van der Waals surface area contributed by atoms with E-state index < -0.39 is 0 Å². The van der Waals surface area contributed by atoms with Gasteiger partial charge >= 0.3 is 0 Å². The number of nitrogens with zero attached hydrogens (tertiary/aromatic N) is 5. The van der Waals surface area contributed by atoms with Crippen LogP contribution in [-0.4, -0.2) is 56.0 Å². The molecule has 0 aliphatic carbocycles. The van der Waals surface area contributed by atoms with Gasteiger partial charge in [0.1, 0.15) is 12.1 Å². The molecule has 1 atom stereocenters. The first-order chi connectivity index (χ1) is 12.7. The van der Waals surface area contributed by atoms with Gasteiger partial charge in [0.2, 0.25) is 0 Å². The summed E-state index contributed by atoms with van der Waals surface area (Å²) in [5.74, 6) is 3.73. The van der Waals surface area contributed by atoms with Gasteiger partial charge in [-0.05, 0) is 30.5 Å². The van der Waals surface area contributed by atoms with Gasteiger partial charge in [0, 0.05) is 49.2 Å². The Kier molecular flexibility index (Phi) is 8.88. The van der Waals surface area contributed by atoms with Crippen molar-refractivity contribution in [3.63, 3.8) is 0 Å². The van der Waals surface area contributed by atoms with Crippen LogP contribution >= 0.6 is 35.7 Å². The van der Waals surface area contributed by atoms with Crippen LogP contribution in [0.2, 0.25) is 0 Å². The summed E-state index contributed by atoms with van der Waals surface area (Å²) in [6.45, 7) is 10.4. The Bertz CT molecular complexity index is 719. The summed E-state index contributed by atoms with van der Waals surface area (Å²) in [5.41, 5.74) is 1.14. The molecule has 6 nitrogen and oxygen atoms in total. The molecule has 0 aromatic carbocycles. The van der Waals surface area contributed by atoms with E-state index in [4.69, 9.17) is 4.99 Å². The van der Waals surface area contributed by atoms with E-state index in [1.54, 1.807) is 12.5 Å². The molecule has 3 heterocycles. The van der Waals surface area contributed by atoms with Crippen LogP contribution in [0.25, 0.3) is 5.82 Å². The molecule has 0 spiro atoms. The van der Waals surface area contributed by atoms with Crippen molar-refractivity contribution < 1.29 is 0 Å². The van der Waals surface area contributed by atoms with Crippen LogP contribution in [-0.2, 0) is 6.54 Å². The first-order valence-electron chi connectivity index (χ1n) is 9.25. The molecule has 27 heavy (non-hydrogen) atoms. The zero-order valence-electron chi connectivity index (χ0n) is 16.2. The highest BCUT2D eigenvalue weighted by Gasteiger charge is 2.24. The lowest BCUT2D eigenvalue weighted by atomic mass is 10.1. The summed E-state index contributed by atoms with van der Waals surface area (Å²) in [5, 5.41) is 4.13. The van der Waals surface area contributed by atoms with Gasteiger partial charge in [-0.2, -0.15) is 11.8 Å². The van der Waals surface area contributed by atoms with Crippen molar-refractivity contribution in [1.29, 1.82) is 0 Å². The summed E-state index contributed by atoms with van der Waals surface area (Å²) < 4.78 is 1.91. The van der Waals surface area contributed by atoms with Crippen molar-refractivity contribution in [2.45, 2.75) is 32.6 Å². The first-order valence-corrected chi connectivity index (χ1v) is 10.3. The predicted octanol–water partition coefficient (Wildman–Crippen LogP) is 3.42. The van der Waals surface area contributed by atoms with Crippen molar-refractivity contribution in [2.24, 2.45) is 10.9 Å². The minimum atomic E-state index is 0. The number of imidazole rings is 1. The molecule has 0 bridgehead atoms. The molecule has 0 amide bonds. The highest BCUT2D eigenvalue weighted by molar-refractivity contribution is 14.0. The number of halogens is 1. The van der Waals surface area contributed by atoms with E-state index in [1.807, 2.05) is 23.0 Å². The average molecular weight is 500 g/mol. The fraction of sp³-hybridized carbons (Fsp3) is 0.526. The van der Waals surface area contributed by atoms with Crippen molar-refractivity contribution in [1.82, 2.24) is 24.8 Å². The zero-order chi connectivity index (χ0) is 18.4. The minimum Gasteiger partial charge on any atom is -0.357 e. The summed E-state index contributed by atoms with van der Waals surface area (Å²) in [6.07, 6.45) is 7.25. The van der Waals surface area contributed by atoms with Crippen LogP contribution in [0.5, 0.6) is 0 Å². The number of nitrogens with one attached hydrogen (secondary N) is 1. The summed E-state index contributed by atoms with van der Waals surface area (Å²) in [6, 6.07) is 4.09. The van der Waals surface area contributed by atoms with Crippen LogP contribution in [0, 0.1) is 5.92 Å². The van der Waals surface area contributed by atoms with E-state index in [1.165, 1.54) is 0 Å². The maximum absolute atomic E-state index is 4.89. The van der Waals surface area contributed by atoms with E-state index in [-0.39, 0.29) is 24.0 Å². The van der Waals surface area contributed by atoms with Gasteiger partial charge in [-0.25, -0.2) is 15.0 Å². The number of guanidine groups is 1. The molecular formula is C19H29IN6S. The second-order valence-corrected chi connectivity index (χ2v) is 8.11. The Morgan fingerprint density at radius 1 is 1.41 bits per heavy atom. The molecular weight excluding hydrogens is 471 g/mol. The van der Waals surface area contributed by atoms with Gasteiger partial charge in [0.15, 0.2) is 5.96 Å². The number of rotatable bonds is 5. The number of pyridine rings is 1. The van der Waals surface area contributed by atoms with Crippen LogP contribution in [0.15, 0.2) is 42.0 Å². The normalized spacial score (nSPS) is 17.7. The molecule has 1 unspecified atom stereocenters. The molecule has 0 saturated carbocycles. The third kappa shape index (κ3) is 6.10. The van der Waals surface area contributed by atoms with E-state index in [0.29, 0.717) is 17.7 Å². The second kappa shape index (κ2) is 10.9. The Balaban J connectivity index is 0.00000261. The van der Waals surface area contributed by atoms with Crippen molar-refractivity contribution in [2.75, 3.05) is 25.4 Å². The number of hydrogen-bond acceptors (Lipinski definition) is 4. The number of aromatic nitrogens is 3. The summed E-state index contributed by atoms with van der Waals surface area (Å²) in [4.78, 5) is 15.8. The minimum absolute atomic E-state index is 0. The Labute approximate surface area is 183 Å². The predicted molar refractivity (Wildman–Crippen MR) is 124 cm³/mol. The third-order valence-electron chi connectivity index (χ3n) is 4.46. The van der Waals surface area contributed by atoms with E-state index in [0.717, 1.165) is 42.7 Å². The fourth-order valence-electron chi connectivity index (χ4n) is 2.96. The fourth-order valence-corrected chi connectivity index (χ4v) is 4.26. The van der Waals surface area contributed by atoms with Crippen molar-refractivity contribution in [3.05, 3.63) is 42.6 Å². The lowest BCUT2D eigenvalue weighted by molar-refractivity contribution is 0.381. The van der Waals surface area contributed by atoms with E-state index in [9.17, 15) is 0 Å². The zero-order valence-corrected chi connectivity index (χ0v) is 19.4. The molecule has 1 fully saturated rings. The highest BCUT2D eigenvalue weighted by atomic mass is 127. The summed E-state index contributed by atoms with van der Waals surface area (Å²) in [7, 11) is 0. The largest absolute Gasteiger partial charge is 0.357 e. The Hall–Kier alpha value is -1.29. The molecule has 8 heteroatoms. The average Bonchev–Trinajstić information content (AvgIpc) is 3.20. The van der Waals surface area contributed by atoms with Crippen molar-refractivity contribution >= 4 is 41.7 Å². The molecule has 2 aromatic heterocycles. The highest BCUT2D eigenvalue weighted by Crippen LogP contribution is 2.25. The summed E-state index contributed by atoms with van der Waals surface area (Å²) >= 11 is 2.08. The van der Waals surface area contributed by atoms with Gasteiger partial charge in [0.05, 0.1) is 6.54 Å². The molecule has 1 N–H and O–H groups in total. The lowest BCUT2D eigenvalue weighted by Crippen LogP contribution is -2.49.